The third kappa shape index (κ3) is 4.69. The molecule has 9 rings (SSSR count). The van der Waals surface area contributed by atoms with Gasteiger partial charge < -0.3 is 5.32 Å². The van der Waals surface area contributed by atoms with E-state index in [-0.39, 0.29) is 5.37 Å². The summed E-state index contributed by atoms with van der Waals surface area (Å²) < 4.78 is 0. The molecule has 8 aromatic rings. The van der Waals surface area contributed by atoms with Crippen molar-refractivity contribution in [1.29, 1.82) is 0 Å². The predicted molar refractivity (Wildman–Crippen MR) is 187 cm³/mol. The van der Waals surface area contributed by atoms with Crippen LogP contribution in [0.15, 0.2) is 150 Å². The monoisotopic (exact) mass is 594 g/mol. The van der Waals surface area contributed by atoms with E-state index in [4.69, 9.17) is 15.0 Å². The Morgan fingerprint density at radius 1 is 0.444 bits per heavy atom. The Bertz CT molecular complexity index is 2310. The van der Waals surface area contributed by atoms with Crippen LogP contribution < -0.4 is 5.32 Å². The summed E-state index contributed by atoms with van der Waals surface area (Å²) >= 11 is 1.87. The second-order valence-electron chi connectivity index (χ2n) is 11.4. The van der Waals surface area contributed by atoms with Gasteiger partial charge >= 0.3 is 0 Å². The van der Waals surface area contributed by atoms with Gasteiger partial charge in [0.2, 0.25) is 0 Å². The molecule has 1 aromatic heterocycles. The van der Waals surface area contributed by atoms with Gasteiger partial charge in [-0.15, -0.1) is 0 Å². The molecular formula is C40H26N4S. The zero-order chi connectivity index (χ0) is 29.7. The number of benzene rings is 7. The zero-order valence-electron chi connectivity index (χ0n) is 24.2. The van der Waals surface area contributed by atoms with Crippen LogP contribution >= 0.6 is 11.8 Å². The van der Waals surface area contributed by atoms with Gasteiger partial charge in [0.1, 0.15) is 5.37 Å². The molecule has 45 heavy (non-hydrogen) atoms. The minimum atomic E-state index is 0.198. The van der Waals surface area contributed by atoms with Crippen molar-refractivity contribution in [3.05, 3.63) is 151 Å². The molecule has 0 fully saturated rings. The lowest BCUT2D eigenvalue weighted by atomic mass is 10.0. The third-order valence-electron chi connectivity index (χ3n) is 8.50. The van der Waals surface area contributed by atoms with Crippen LogP contribution in [0.1, 0.15) is 10.9 Å². The molecule has 2 heterocycles. The first-order valence-electron chi connectivity index (χ1n) is 15.0. The van der Waals surface area contributed by atoms with Gasteiger partial charge in [-0.2, -0.15) is 0 Å². The lowest BCUT2D eigenvalue weighted by Crippen LogP contribution is -2.00. The highest BCUT2D eigenvalue weighted by Gasteiger charge is 2.25. The Morgan fingerprint density at radius 2 is 0.933 bits per heavy atom. The van der Waals surface area contributed by atoms with E-state index in [1.807, 2.05) is 11.8 Å². The molecule has 1 aliphatic heterocycles. The van der Waals surface area contributed by atoms with E-state index in [0.29, 0.717) is 17.5 Å². The molecule has 212 valence electrons. The number of fused-ring (bicyclic) bond motifs is 5. The van der Waals surface area contributed by atoms with Gasteiger partial charge in [-0.05, 0) is 62.1 Å². The fraction of sp³-hybridized carbons (Fsp3) is 0.0250. The topological polar surface area (TPSA) is 50.7 Å². The normalized spacial score (nSPS) is 14.1. The van der Waals surface area contributed by atoms with E-state index < -0.39 is 0 Å². The molecule has 0 saturated heterocycles. The summed E-state index contributed by atoms with van der Waals surface area (Å²) in [5.41, 5.74) is 5.34. The van der Waals surface area contributed by atoms with Crippen LogP contribution in [0.4, 0.5) is 5.69 Å². The average molecular weight is 595 g/mol. The third-order valence-corrected chi connectivity index (χ3v) is 9.81. The standard InChI is InChI=1S/C40H26N4S/c1-2-10-27(11-3-1)40-41-35-21-19-30-24-33(18-20-34(30)36(35)45-40)39-43-37(31-16-14-25-8-4-6-12-28(25)22-31)42-38(44-39)32-17-15-26-9-5-7-13-29(26)23-32/h1-24,40-41H. The van der Waals surface area contributed by atoms with Gasteiger partial charge in [-0.3, -0.25) is 0 Å². The van der Waals surface area contributed by atoms with Gasteiger partial charge in [0, 0.05) is 27.3 Å². The lowest BCUT2D eigenvalue weighted by molar-refractivity contribution is 1.08. The maximum absolute atomic E-state index is 5.06. The Labute approximate surface area is 264 Å². The van der Waals surface area contributed by atoms with E-state index in [1.54, 1.807) is 0 Å². The van der Waals surface area contributed by atoms with E-state index in [1.165, 1.54) is 32.3 Å². The highest BCUT2D eigenvalue weighted by molar-refractivity contribution is 8.00. The van der Waals surface area contributed by atoms with Crippen LogP contribution in [0.3, 0.4) is 0 Å². The second-order valence-corrected chi connectivity index (χ2v) is 12.5. The molecule has 0 saturated carbocycles. The smallest absolute Gasteiger partial charge is 0.164 e. The van der Waals surface area contributed by atoms with E-state index >= 15 is 0 Å². The minimum Gasteiger partial charge on any atom is -0.368 e. The van der Waals surface area contributed by atoms with Crippen molar-refractivity contribution >= 4 is 49.8 Å². The van der Waals surface area contributed by atoms with E-state index in [9.17, 15) is 0 Å². The molecule has 0 bridgehead atoms. The molecule has 0 spiro atoms. The Morgan fingerprint density at radius 3 is 1.53 bits per heavy atom. The number of anilines is 1. The predicted octanol–water partition coefficient (Wildman–Crippen LogP) is 10.5. The summed E-state index contributed by atoms with van der Waals surface area (Å²) in [6, 6.07) is 51.1. The zero-order valence-corrected chi connectivity index (χ0v) is 25.0. The number of rotatable bonds is 4. The molecule has 5 heteroatoms. The van der Waals surface area contributed by atoms with Crippen LogP contribution in [0, 0.1) is 0 Å². The first kappa shape index (κ1) is 25.9. The van der Waals surface area contributed by atoms with Crippen molar-refractivity contribution in [2.75, 3.05) is 5.32 Å². The second kappa shape index (κ2) is 10.6. The fourth-order valence-corrected chi connectivity index (χ4v) is 7.45. The van der Waals surface area contributed by atoms with Gasteiger partial charge in [-0.25, -0.2) is 15.0 Å². The molecule has 0 amide bonds. The lowest BCUT2D eigenvalue weighted by Gasteiger charge is -2.11. The largest absolute Gasteiger partial charge is 0.368 e. The summed E-state index contributed by atoms with van der Waals surface area (Å²) in [7, 11) is 0. The summed E-state index contributed by atoms with van der Waals surface area (Å²) in [5.74, 6) is 1.98. The van der Waals surface area contributed by atoms with Crippen LogP contribution in [-0.4, -0.2) is 15.0 Å². The summed E-state index contributed by atoms with van der Waals surface area (Å²) in [6.07, 6.45) is 0. The number of hydrogen-bond acceptors (Lipinski definition) is 5. The van der Waals surface area contributed by atoms with Crippen LogP contribution in [0.5, 0.6) is 0 Å². The van der Waals surface area contributed by atoms with Crippen LogP contribution in [0.2, 0.25) is 0 Å². The number of thioether (sulfide) groups is 1. The maximum atomic E-state index is 5.06. The van der Waals surface area contributed by atoms with Crippen molar-refractivity contribution in [3.8, 4) is 34.2 Å². The van der Waals surface area contributed by atoms with Gasteiger partial charge in [0.25, 0.3) is 0 Å². The van der Waals surface area contributed by atoms with E-state index in [0.717, 1.165) is 32.8 Å². The molecule has 0 aliphatic carbocycles. The molecule has 1 atom stereocenters. The minimum absolute atomic E-state index is 0.198. The molecular weight excluding hydrogens is 569 g/mol. The van der Waals surface area contributed by atoms with Crippen LogP contribution in [0.25, 0.3) is 66.5 Å². The van der Waals surface area contributed by atoms with Gasteiger partial charge in [0.05, 0.1) is 0 Å². The van der Waals surface area contributed by atoms with Crippen molar-refractivity contribution in [3.63, 3.8) is 0 Å². The quantitative estimate of drug-likeness (QED) is 0.220. The van der Waals surface area contributed by atoms with Gasteiger partial charge in [-0.1, -0.05) is 133 Å². The van der Waals surface area contributed by atoms with Gasteiger partial charge in [0.15, 0.2) is 17.5 Å². The average Bonchev–Trinajstić information content (AvgIpc) is 3.56. The Balaban J connectivity index is 1.17. The number of nitrogens with zero attached hydrogens (tertiary/aromatic N) is 3. The number of nitrogens with one attached hydrogen (secondary N) is 1. The number of hydrogen-bond donors (Lipinski definition) is 1. The molecule has 4 nitrogen and oxygen atoms in total. The molecule has 1 aliphatic rings. The summed E-state index contributed by atoms with van der Waals surface area (Å²) in [4.78, 5) is 16.4. The first-order valence-corrected chi connectivity index (χ1v) is 15.9. The van der Waals surface area contributed by atoms with Crippen molar-refractivity contribution in [2.24, 2.45) is 0 Å². The molecule has 1 N–H and O–H groups in total. The van der Waals surface area contributed by atoms with Crippen molar-refractivity contribution in [2.45, 2.75) is 10.3 Å². The van der Waals surface area contributed by atoms with Crippen molar-refractivity contribution in [1.82, 2.24) is 15.0 Å². The Kier molecular flexibility index (Phi) is 6.10. The first-order chi connectivity index (χ1) is 22.2. The summed E-state index contributed by atoms with van der Waals surface area (Å²) in [5, 5.41) is 11.0. The summed E-state index contributed by atoms with van der Waals surface area (Å²) in [6.45, 7) is 0. The SMILES string of the molecule is c1ccc(C2Nc3ccc4cc(-c5nc(-c6ccc7ccccc7c6)nc(-c6ccc7ccccc7c6)n5)ccc4c3S2)cc1. The maximum Gasteiger partial charge on any atom is 0.164 e. The van der Waals surface area contributed by atoms with Crippen LogP contribution in [-0.2, 0) is 0 Å². The number of aromatic nitrogens is 3. The van der Waals surface area contributed by atoms with E-state index in [2.05, 4.69) is 151 Å². The highest BCUT2D eigenvalue weighted by Crippen LogP contribution is 2.49. The molecule has 7 aromatic carbocycles. The fourth-order valence-electron chi connectivity index (χ4n) is 6.17. The van der Waals surface area contributed by atoms with Crippen molar-refractivity contribution < 1.29 is 0 Å². The Hall–Kier alpha value is -5.52. The molecule has 1 unspecified atom stereocenters. The molecule has 0 radical (unpaired) electrons. The highest BCUT2D eigenvalue weighted by atomic mass is 32.2.